The van der Waals surface area contributed by atoms with Crippen molar-refractivity contribution in [1.82, 2.24) is 15.5 Å². The number of nitrogens with zero attached hydrogens (tertiary/aromatic N) is 1. The van der Waals surface area contributed by atoms with Crippen LogP contribution in [0.5, 0.6) is 0 Å². The van der Waals surface area contributed by atoms with Crippen molar-refractivity contribution >= 4 is 30.7 Å². The zero-order valence-electron chi connectivity index (χ0n) is 16.5. The summed E-state index contributed by atoms with van der Waals surface area (Å²) in [7, 11) is 1.67. The predicted molar refractivity (Wildman–Crippen MR) is 110 cm³/mol. The second kappa shape index (κ2) is 12.4. The molecule has 8 heteroatoms. The third-order valence-corrected chi connectivity index (χ3v) is 5.26. The minimum atomic E-state index is -0.103. The van der Waals surface area contributed by atoms with E-state index in [4.69, 9.17) is 9.47 Å². The molecule has 1 aliphatic carbocycles. The largest absolute Gasteiger partial charge is 0.383 e. The van der Waals surface area contributed by atoms with Crippen LogP contribution in [-0.4, -0.2) is 75.0 Å². The molecule has 156 valence electrons. The number of hydrogen-bond acceptors (Lipinski definition) is 5. The van der Waals surface area contributed by atoms with Crippen LogP contribution in [0.1, 0.15) is 46.0 Å². The molecule has 0 aromatic heterocycles. The summed E-state index contributed by atoms with van der Waals surface area (Å²) in [5.74, 6) is 0.0728. The zero-order valence-corrected chi connectivity index (χ0v) is 18.1. The van der Waals surface area contributed by atoms with Crippen molar-refractivity contribution in [3.8, 4) is 0 Å². The van der Waals surface area contributed by atoms with Gasteiger partial charge in [-0.15, -0.1) is 24.8 Å². The van der Waals surface area contributed by atoms with E-state index in [9.17, 15) is 4.79 Å². The topological polar surface area (TPSA) is 62.8 Å². The second-order valence-corrected chi connectivity index (χ2v) is 7.76. The van der Waals surface area contributed by atoms with E-state index in [1.165, 1.54) is 32.1 Å². The highest BCUT2D eigenvalue weighted by molar-refractivity contribution is 5.85. The molecule has 2 fully saturated rings. The molecular formula is C18H37Cl2N3O3. The number of methoxy groups -OCH3 is 1. The fourth-order valence-electron chi connectivity index (χ4n) is 3.94. The molecule has 1 saturated carbocycles. The number of rotatable bonds is 8. The molecule has 26 heavy (non-hydrogen) atoms. The van der Waals surface area contributed by atoms with Gasteiger partial charge in [-0.25, -0.2) is 0 Å². The van der Waals surface area contributed by atoms with E-state index in [1.807, 2.05) is 0 Å². The average Bonchev–Trinajstić information content (AvgIpc) is 2.57. The molecule has 0 bridgehead atoms. The van der Waals surface area contributed by atoms with Gasteiger partial charge in [-0.05, 0) is 26.7 Å². The standard InChI is InChI=1S/C18H35N3O3.2ClH/c1-17(2)15-21(10-12-24-17)18(7-5-4-6-8-18)14-20-16(22)13-19-9-11-23-3;;/h19H,4-15H2,1-3H3,(H,20,22);2*1H. The third-order valence-electron chi connectivity index (χ3n) is 5.26. The fraction of sp³-hybridized carbons (Fsp3) is 0.944. The highest BCUT2D eigenvalue weighted by Crippen LogP contribution is 2.35. The molecule has 0 unspecified atom stereocenters. The van der Waals surface area contributed by atoms with Crippen LogP contribution in [0.25, 0.3) is 0 Å². The lowest BCUT2D eigenvalue weighted by atomic mass is 9.79. The number of amides is 1. The lowest BCUT2D eigenvalue weighted by Gasteiger charge is -2.51. The van der Waals surface area contributed by atoms with Crippen molar-refractivity contribution in [2.75, 3.05) is 53.0 Å². The minimum Gasteiger partial charge on any atom is -0.383 e. The monoisotopic (exact) mass is 413 g/mol. The van der Waals surface area contributed by atoms with E-state index in [-0.39, 0.29) is 41.9 Å². The minimum absolute atomic E-state index is 0. The highest BCUT2D eigenvalue weighted by Gasteiger charge is 2.42. The molecule has 1 heterocycles. The molecule has 2 rings (SSSR count). The van der Waals surface area contributed by atoms with Crippen LogP contribution < -0.4 is 10.6 Å². The molecule has 2 N–H and O–H groups in total. The average molecular weight is 414 g/mol. The number of nitrogens with one attached hydrogen (secondary N) is 2. The number of carbonyl (C=O) groups is 1. The molecular weight excluding hydrogens is 377 g/mol. The van der Waals surface area contributed by atoms with Gasteiger partial charge in [0.05, 0.1) is 25.4 Å². The van der Waals surface area contributed by atoms with Crippen molar-refractivity contribution in [3.63, 3.8) is 0 Å². The van der Waals surface area contributed by atoms with E-state index in [0.29, 0.717) is 19.7 Å². The maximum absolute atomic E-state index is 12.1. The molecule has 6 nitrogen and oxygen atoms in total. The molecule has 0 aromatic carbocycles. The van der Waals surface area contributed by atoms with E-state index in [2.05, 4.69) is 29.4 Å². The Kier molecular flexibility index (Phi) is 12.3. The lowest BCUT2D eigenvalue weighted by Crippen LogP contribution is -2.63. The number of halogens is 2. The Hall–Kier alpha value is -0.110. The smallest absolute Gasteiger partial charge is 0.234 e. The van der Waals surface area contributed by atoms with Gasteiger partial charge in [0.25, 0.3) is 0 Å². The first-order chi connectivity index (χ1) is 11.5. The second-order valence-electron chi connectivity index (χ2n) is 7.76. The van der Waals surface area contributed by atoms with Gasteiger partial charge in [-0.3, -0.25) is 9.69 Å². The SMILES string of the molecule is COCCNCC(=O)NCC1(N2CCOC(C)(C)C2)CCCCC1.Cl.Cl. The van der Waals surface area contributed by atoms with Gasteiger partial charge < -0.3 is 20.1 Å². The Bertz CT molecular complexity index is 405. The van der Waals surface area contributed by atoms with Gasteiger partial charge in [0, 0.05) is 38.8 Å². The zero-order chi connectivity index (χ0) is 17.5. The van der Waals surface area contributed by atoms with Gasteiger partial charge in [0.1, 0.15) is 0 Å². The van der Waals surface area contributed by atoms with E-state index < -0.39 is 0 Å². The number of morpholine rings is 1. The summed E-state index contributed by atoms with van der Waals surface area (Å²) in [6, 6.07) is 0. The summed E-state index contributed by atoms with van der Waals surface area (Å²) in [6.07, 6.45) is 6.14. The van der Waals surface area contributed by atoms with E-state index in [1.54, 1.807) is 7.11 Å². The van der Waals surface area contributed by atoms with E-state index >= 15 is 0 Å². The molecule has 1 amide bonds. The first kappa shape index (κ1) is 25.9. The van der Waals surface area contributed by atoms with Crippen LogP contribution in [0, 0.1) is 0 Å². The Morgan fingerprint density at radius 1 is 1.19 bits per heavy atom. The summed E-state index contributed by atoms with van der Waals surface area (Å²) < 4.78 is 10.9. The van der Waals surface area contributed by atoms with Gasteiger partial charge >= 0.3 is 0 Å². The number of carbonyl (C=O) groups excluding carboxylic acids is 1. The Labute approximate surface area is 170 Å². The van der Waals surface area contributed by atoms with Crippen molar-refractivity contribution in [2.45, 2.75) is 57.1 Å². The maximum Gasteiger partial charge on any atom is 0.234 e. The van der Waals surface area contributed by atoms with Crippen molar-refractivity contribution in [2.24, 2.45) is 0 Å². The van der Waals surface area contributed by atoms with Crippen LogP contribution in [0.3, 0.4) is 0 Å². The molecule has 2 aliphatic rings. The van der Waals surface area contributed by atoms with Gasteiger partial charge in [-0.1, -0.05) is 19.3 Å². The number of ether oxygens (including phenoxy) is 2. The van der Waals surface area contributed by atoms with Crippen LogP contribution in [0.15, 0.2) is 0 Å². The van der Waals surface area contributed by atoms with Gasteiger partial charge in [0.15, 0.2) is 0 Å². The van der Waals surface area contributed by atoms with Crippen LogP contribution in [-0.2, 0) is 14.3 Å². The maximum atomic E-state index is 12.1. The van der Waals surface area contributed by atoms with Crippen LogP contribution in [0.2, 0.25) is 0 Å². The highest BCUT2D eigenvalue weighted by atomic mass is 35.5. The van der Waals surface area contributed by atoms with Crippen molar-refractivity contribution in [1.29, 1.82) is 0 Å². The molecule has 0 spiro atoms. The first-order valence-corrected chi connectivity index (χ1v) is 9.33. The fourth-order valence-corrected chi connectivity index (χ4v) is 3.94. The number of hydrogen-bond donors (Lipinski definition) is 2. The third kappa shape index (κ3) is 7.87. The Balaban J connectivity index is 0.00000312. The van der Waals surface area contributed by atoms with Gasteiger partial charge in [-0.2, -0.15) is 0 Å². The predicted octanol–water partition coefficient (Wildman–Crippen LogP) is 2.00. The molecule has 0 radical (unpaired) electrons. The summed E-state index contributed by atoms with van der Waals surface area (Å²) in [4.78, 5) is 14.7. The van der Waals surface area contributed by atoms with Crippen LogP contribution >= 0.6 is 24.8 Å². The lowest BCUT2D eigenvalue weighted by molar-refractivity contribution is -0.128. The molecule has 1 saturated heterocycles. The van der Waals surface area contributed by atoms with Crippen molar-refractivity contribution < 1.29 is 14.3 Å². The molecule has 0 aromatic rings. The van der Waals surface area contributed by atoms with Crippen molar-refractivity contribution in [3.05, 3.63) is 0 Å². The van der Waals surface area contributed by atoms with E-state index in [0.717, 1.165) is 26.2 Å². The Morgan fingerprint density at radius 3 is 2.50 bits per heavy atom. The van der Waals surface area contributed by atoms with Gasteiger partial charge in [0.2, 0.25) is 5.91 Å². The molecule has 1 aliphatic heterocycles. The first-order valence-electron chi connectivity index (χ1n) is 9.33. The summed E-state index contributed by atoms with van der Waals surface area (Å²) >= 11 is 0. The Morgan fingerprint density at radius 2 is 1.88 bits per heavy atom. The summed E-state index contributed by atoms with van der Waals surface area (Å²) in [6.45, 7) is 9.43. The van der Waals surface area contributed by atoms with Crippen LogP contribution in [0.4, 0.5) is 0 Å². The molecule has 0 atom stereocenters. The quantitative estimate of drug-likeness (QED) is 0.595. The summed E-state index contributed by atoms with van der Waals surface area (Å²) in [5, 5.41) is 6.28. The normalized spacial score (nSPS) is 22.0. The summed E-state index contributed by atoms with van der Waals surface area (Å²) in [5.41, 5.74) is -0.00406.